The maximum atomic E-state index is 12.9. The molecule has 5 rings (SSSR count). The molecule has 168 valence electrons. The van der Waals surface area contributed by atoms with Gasteiger partial charge in [0.25, 0.3) is 5.91 Å². The quantitative estimate of drug-likeness (QED) is 0.643. The average Bonchev–Trinajstić information content (AvgIpc) is 3.48. The summed E-state index contributed by atoms with van der Waals surface area (Å²) in [5.74, 6) is 1.61. The summed E-state index contributed by atoms with van der Waals surface area (Å²) in [7, 11) is 0. The number of nitrogens with one attached hydrogen (secondary N) is 1. The number of pyridine rings is 2. The molecule has 1 saturated carbocycles. The summed E-state index contributed by atoms with van der Waals surface area (Å²) < 4.78 is 1.99. The maximum Gasteiger partial charge on any atom is 0.257 e. The lowest BCUT2D eigenvalue weighted by molar-refractivity contribution is 0.0437. The summed E-state index contributed by atoms with van der Waals surface area (Å²) in [4.78, 5) is 22.2. The van der Waals surface area contributed by atoms with Crippen LogP contribution in [0.4, 0.5) is 5.69 Å². The van der Waals surface area contributed by atoms with Gasteiger partial charge in [-0.05, 0) is 63.8 Å². The number of carbonyl (C=O) groups is 1. The number of hydrogen-bond donors (Lipinski definition) is 1. The van der Waals surface area contributed by atoms with Crippen LogP contribution in [-0.4, -0.2) is 67.5 Å². The van der Waals surface area contributed by atoms with E-state index in [0.29, 0.717) is 11.6 Å². The monoisotopic (exact) mass is 433 g/mol. The number of hydrogen-bond acceptors (Lipinski definition) is 6. The molecule has 8 nitrogen and oxygen atoms in total. The van der Waals surface area contributed by atoms with Gasteiger partial charge >= 0.3 is 0 Å². The second kappa shape index (κ2) is 8.60. The van der Waals surface area contributed by atoms with Crippen LogP contribution >= 0.6 is 0 Å². The molecule has 2 aliphatic rings. The average molecular weight is 434 g/mol. The van der Waals surface area contributed by atoms with Gasteiger partial charge in [0.2, 0.25) is 0 Å². The van der Waals surface area contributed by atoms with Crippen LogP contribution in [0.1, 0.15) is 54.6 Å². The summed E-state index contributed by atoms with van der Waals surface area (Å²) in [6, 6.07) is 7.89. The normalized spacial score (nSPS) is 20.2. The number of amides is 1. The van der Waals surface area contributed by atoms with E-state index < -0.39 is 0 Å². The number of rotatable bonds is 6. The number of aryl methyl sites for hydroxylation is 1. The van der Waals surface area contributed by atoms with Gasteiger partial charge in [0.1, 0.15) is 0 Å². The minimum absolute atomic E-state index is 0.152. The van der Waals surface area contributed by atoms with Crippen LogP contribution in [0, 0.1) is 12.8 Å². The predicted octanol–water partition coefficient (Wildman–Crippen LogP) is 3.16. The first-order valence-electron chi connectivity index (χ1n) is 11.5. The third kappa shape index (κ3) is 4.38. The molecule has 1 amide bonds. The lowest BCUT2D eigenvalue weighted by Gasteiger charge is -2.42. The Morgan fingerprint density at radius 2 is 2.03 bits per heavy atom. The van der Waals surface area contributed by atoms with E-state index in [-0.39, 0.29) is 11.9 Å². The molecular weight excluding hydrogens is 402 g/mol. The highest BCUT2D eigenvalue weighted by Crippen LogP contribution is 2.33. The lowest BCUT2D eigenvalue weighted by Crippen LogP contribution is -2.51. The SMILES string of the molecule is Cc1cc(NC(=O)c2ccc3nnc([C@H]4CN(CC5CC5)CCN4C(C)C)n3c2)ccn1. The number of fused-ring (bicyclic) bond motifs is 1. The Bertz CT molecular complexity index is 1120. The summed E-state index contributed by atoms with van der Waals surface area (Å²) >= 11 is 0. The maximum absolute atomic E-state index is 12.9. The van der Waals surface area contributed by atoms with Crippen molar-refractivity contribution in [2.75, 3.05) is 31.5 Å². The Hall–Kier alpha value is -2.84. The fraction of sp³-hybridized carbons (Fsp3) is 0.500. The van der Waals surface area contributed by atoms with Gasteiger partial charge in [0.15, 0.2) is 11.5 Å². The van der Waals surface area contributed by atoms with Crippen LogP contribution in [0.15, 0.2) is 36.7 Å². The van der Waals surface area contributed by atoms with E-state index >= 15 is 0 Å². The first-order valence-corrected chi connectivity index (χ1v) is 11.5. The van der Waals surface area contributed by atoms with E-state index in [1.165, 1.54) is 19.4 Å². The molecule has 1 aliphatic carbocycles. The van der Waals surface area contributed by atoms with Crippen LogP contribution < -0.4 is 5.32 Å². The van der Waals surface area contributed by atoms with Crippen LogP contribution in [-0.2, 0) is 0 Å². The van der Waals surface area contributed by atoms with E-state index in [4.69, 9.17) is 0 Å². The smallest absolute Gasteiger partial charge is 0.257 e. The zero-order chi connectivity index (χ0) is 22.2. The highest BCUT2D eigenvalue weighted by molar-refractivity contribution is 6.04. The van der Waals surface area contributed by atoms with E-state index in [9.17, 15) is 4.79 Å². The van der Waals surface area contributed by atoms with Crippen LogP contribution in [0.2, 0.25) is 0 Å². The van der Waals surface area contributed by atoms with Crippen LogP contribution in [0.3, 0.4) is 0 Å². The summed E-state index contributed by atoms with van der Waals surface area (Å²) in [6.45, 7) is 10.6. The molecule has 32 heavy (non-hydrogen) atoms. The Kier molecular flexibility index (Phi) is 5.65. The van der Waals surface area contributed by atoms with Gasteiger partial charge in [-0.3, -0.25) is 24.0 Å². The van der Waals surface area contributed by atoms with E-state index in [1.54, 1.807) is 18.3 Å². The van der Waals surface area contributed by atoms with E-state index in [1.807, 2.05) is 29.7 Å². The van der Waals surface area contributed by atoms with Crippen molar-refractivity contribution in [3.05, 3.63) is 53.7 Å². The molecule has 1 atom stereocenters. The molecule has 2 fully saturated rings. The third-order valence-electron chi connectivity index (χ3n) is 6.53. The van der Waals surface area contributed by atoms with Crippen molar-refractivity contribution in [1.29, 1.82) is 0 Å². The second-order valence-corrected chi connectivity index (χ2v) is 9.39. The minimum Gasteiger partial charge on any atom is -0.322 e. The fourth-order valence-corrected chi connectivity index (χ4v) is 4.63. The van der Waals surface area contributed by atoms with Gasteiger partial charge in [0.05, 0.1) is 11.6 Å². The van der Waals surface area contributed by atoms with Crippen LogP contribution in [0.5, 0.6) is 0 Å². The Morgan fingerprint density at radius 1 is 1.19 bits per heavy atom. The Balaban J connectivity index is 1.43. The Morgan fingerprint density at radius 3 is 2.78 bits per heavy atom. The molecule has 0 bridgehead atoms. The minimum atomic E-state index is -0.156. The summed E-state index contributed by atoms with van der Waals surface area (Å²) in [5, 5.41) is 12.0. The van der Waals surface area contributed by atoms with Crippen LogP contribution in [0.25, 0.3) is 5.65 Å². The number of anilines is 1. The molecule has 3 aromatic heterocycles. The van der Waals surface area contributed by atoms with Crippen molar-refractivity contribution in [3.8, 4) is 0 Å². The van der Waals surface area contributed by atoms with Crippen molar-refractivity contribution in [2.45, 2.75) is 45.7 Å². The number of aromatic nitrogens is 4. The molecule has 0 unspecified atom stereocenters. The first-order chi connectivity index (χ1) is 15.5. The molecule has 0 aromatic carbocycles. The zero-order valence-electron chi connectivity index (χ0n) is 19.0. The topological polar surface area (TPSA) is 78.7 Å². The summed E-state index contributed by atoms with van der Waals surface area (Å²) in [6.07, 6.45) is 6.28. The van der Waals surface area contributed by atoms with Crippen molar-refractivity contribution in [3.63, 3.8) is 0 Å². The molecule has 1 aliphatic heterocycles. The summed E-state index contributed by atoms with van der Waals surface area (Å²) in [5.41, 5.74) is 2.94. The van der Waals surface area contributed by atoms with Crippen molar-refractivity contribution < 1.29 is 4.79 Å². The van der Waals surface area contributed by atoms with Crippen molar-refractivity contribution in [1.82, 2.24) is 29.4 Å². The van der Waals surface area contributed by atoms with E-state index in [2.05, 4.69) is 44.1 Å². The van der Waals surface area contributed by atoms with Gasteiger partial charge < -0.3 is 5.32 Å². The molecule has 3 aromatic rings. The van der Waals surface area contributed by atoms with Crippen molar-refractivity contribution >= 4 is 17.2 Å². The highest BCUT2D eigenvalue weighted by atomic mass is 16.1. The number of carbonyl (C=O) groups excluding carboxylic acids is 1. The molecule has 1 saturated heterocycles. The van der Waals surface area contributed by atoms with Gasteiger partial charge in [-0.15, -0.1) is 10.2 Å². The van der Waals surface area contributed by atoms with Crippen molar-refractivity contribution in [2.24, 2.45) is 5.92 Å². The number of piperazine rings is 1. The largest absolute Gasteiger partial charge is 0.322 e. The van der Waals surface area contributed by atoms with E-state index in [0.717, 1.165) is 48.4 Å². The Labute approximate surface area is 188 Å². The number of nitrogens with zero attached hydrogens (tertiary/aromatic N) is 6. The molecule has 0 radical (unpaired) electrons. The molecule has 0 spiro atoms. The molecular formula is C24H31N7O. The first kappa shape index (κ1) is 21.0. The standard InChI is InChI=1S/C24H31N7O/c1-16(2)30-11-10-29(13-18-4-5-18)15-21(30)23-28-27-22-7-6-19(14-31(22)23)24(32)26-20-8-9-25-17(3)12-20/h6-9,12,14,16,18,21H,4-5,10-11,13,15H2,1-3H3,(H,25,26,32)/t21-/m1/s1. The molecule has 1 N–H and O–H groups in total. The van der Waals surface area contributed by atoms with Gasteiger partial charge in [0, 0.05) is 56.0 Å². The van der Waals surface area contributed by atoms with Gasteiger partial charge in [-0.2, -0.15) is 0 Å². The van der Waals surface area contributed by atoms with Gasteiger partial charge in [-0.1, -0.05) is 0 Å². The lowest BCUT2D eigenvalue weighted by atomic mass is 10.1. The second-order valence-electron chi connectivity index (χ2n) is 9.39. The fourth-order valence-electron chi connectivity index (χ4n) is 4.63. The molecule has 8 heteroatoms. The zero-order valence-corrected chi connectivity index (χ0v) is 19.0. The predicted molar refractivity (Wildman–Crippen MR) is 124 cm³/mol. The highest BCUT2D eigenvalue weighted by Gasteiger charge is 2.35. The van der Waals surface area contributed by atoms with Gasteiger partial charge in [-0.25, -0.2) is 0 Å². The third-order valence-corrected chi connectivity index (χ3v) is 6.53. The molecule has 4 heterocycles.